The lowest BCUT2D eigenvalue weighted by atomic mass is 9.85. The summed E-state index contributed by atoms with van der Waals surface area (Å²) in [6.07, 6.45) is 6.83. The van der Waals surface area contributed by atoms with Gasteiger partial charge >= 0.3 is 0 Å². The minimum atomic E-state index is -1.05. The van der Waals surface area contributed by atoms with Crippen molar-refractivity contribution in [3.8, 4) is 0 Å². The number of piperidine rings is 1. The fourth-order valence-electron chi connectivity index (χ4n) is 4.85. The molecule has 0 radical (unpaired) electrons. The summed E-state index contributed by atoms with van der Waals surface area (Å²) < 4.78 is 0. The minimum absolute atomic E-state index is 0.00645. The molecule has 1 aliphatic carbocycles. The zero-order valence-corrected chi connectivity index (χ0v) is 19.3. The van der Waals surface area contributed by atoms with Crippen LogP contribution < -0.4 is 22.1 Å². The lowest BCUT2D eigenvalue weighted by Gasteiger charge is -2.32. The SMILES string of the molecule is N=C(N)N1CCC(NC(=O)C[C@@H](O)c2ccccc2NC(=O)[C@H](N)CC2CCCCC2)CC1. The molecule has 33 heavy (non-hydrogen) atoms. The van der Waals surface area contributed by atoms with Gasteiger partial charge in [0.2, 0.25) is 11.8 Å². The number of hydrogen-bond donors (Lipinski definition) is 6. The van der Waals surface area contributed by atoms with Crippen LogP contribution in [0.2, 0.25) is 0 Å². The number of anilines is 1. The van der Waals surface area contributed by atoms with Crippen molar-refractivity contribution in [2.24, 2.45) is 17.4 Å². The Morgan fingerprint density at radius 1 is 1.12 bits per heavy atom. The quantitative estimate of drug-likeness (QED) is 0.258. The summed E-state index contributed by atoms with van der Waals surface area (Å²) in [6.45, 7) is 1.25. The molecule has 2 atom stereocenters. The summed E-state index contributed by atoms with van der Waals surface area (Å²) in [7, 11) is 0. The summed E-state index contributed by atoms with van der Waals surface area (Å²) in [4.78, 5) is 27.0. The van der Waals surface area contributed by atoms with Crippen molar-refractivity contribution in [2.75, 3.05) is 18.4 Å². The smallest absolute Gasteiger partial charge is 0.241 e. The second-order valence-electron chi connectivity index (χ2n) is 9.36. The Bertz CT molecular complexity index is 818. The van der Waals surface area contributed by atoms with Crippen LogP contribution >= 0.6 is 0 Å². The molecule has 9 nitrogen and oxygen atoms in total. The van der Waals surface area contributed by atoms with Crippen molar-refractivity contribution in [3.05, 3.63) is 29.8 Å². The average Bonchev–Trinajstić information content (AvgIpc) is 2.80. The highest BCUT2D eigenvalue weighted by atomic mass is 16.3. The molecule has 0 unspecified atom stereocenters. The molecule has 0 spiro atoms. The number of aliphatic hydroxyl groups excluding tert-OH is 1. The monoisotopic (exact) mass is 458 g/mol. The first kappa shape index (κ1) is 25.0. The van der Waals surface area contributed by atoms with Crippen LogP contribution in [-0.4, -0.2) is 53.0 Å². The summed E-state index contributed by atoms with van der Waals surface area (Å²) >= 11 is 0. The highest BCUT2D eigenvalue weighted by Crippen LogP contribution is 2.28. The first-order valence-electron chi connectivity index (χ1n) is 12.0. The molecular formula is C24H38N6O3. The second kappa shape index (κ2) is 12.0. The van der Waals surface area contributed by atoms with Crippen molar-refractivity contribution in [1.82, 2.24) is 10.2 Å². The van der Waals surface area contributed by atoms with Gasteiger partial charge < -0.3 is 32.1 Å². The maximum Gasteiger partial charge on any atom is 0.241 e. The molecule has 1 heterocycles. The van der Waals surface area contributed by atoms with E-state index >= 15 is 0 Å². The molecular weight excluding hydrogens is 420 g/mol. The summed E-state index contributed by atoms with van der Waals surface area (Å²) in [5.41, 5.74) is 12.7. The molecule has 1 saturated heterocycles. The van der Waals surface area contributed by atoms with Gasteiger partial charge in [-0.2, -0.15) is 0 Å². The van der Waals surface area contributed by atoms with Crippen molar-refractivity contribution < 1.29 is 14.7 Å². The van der Waals surface area contributed by atoms with Crippen LogP contribution in [0.4, 0.5) is 5.69 Å². The molecule has 182 valence electrons. The van der Waals surface area contributed by atoms with Crippen LogP contribution in [0.25, 0.3) is 0 Å². The van der Waals surface area contributed by atoms with E-state index in [0.717, 1.165) is 12.8 Å². The Balaban J connectivity index is 1.51. The fourth-order valence-corrected chi connectivity index (χ4v) is 4.85. The van der Waals surface area contributed by atoms with Gasteiger partial charge in [0.15, 0.2) is 5.96 Å². The number of nitrogens with zero attached hydrogens (tertiary/aromatic N) is 1. The molecule has 0 bridgehead atoms. The van der Waals surface area contributed by atoms with Gasteiger partial charge in [-0.3, -0.25) is 15.0 Å². The number of carbonyl (C=O) groups excluding carboxylic acids is 2. The van der Waals surface area contributed by atoms with Gasteiger partial charge in [-0.1, -0.05) is 50.3 Å². The lowest BCUT2D eigenvalue weighted by Crippen LogP contribution is -2.48. The van der Waals surface area contributed by atoms with E-state index in [9.17, 15) is 14.7 Å². The third-order valence-electron chi connectivity index (χ3n) is 6.81. The van der Waals surface area contributed by atoms with Crippen LogP contribution in [0.3, 0.4) is 0 Å². The van der Waals surface area contributed by atoms with Crippen LogP contribution in [-0.2, 0) is 9.59 Å². The van der Waals surface area contributed by atoms with Gasteiger partial charge in [-0.15, -0.1) is 0 Å². The predicted octanol–water partition coefficient (Wildman–Crippen LogP) is 1.82. The Hall–Kier alpha value is -2.65. The summed E-state index contributed by atoms with van der Waals surface area (Å²) in [6, 6.07) is 6.38. The zero-order valence-electron chi connectivity index (χ0n) is 19.3. The van der Waals surface area contributed by atoms with Crippen LogP contribution in [0, 0.1) is 11.3 Å². The largest absolute Gasteiger partial charge is 0.388 e. The topological polar surface area (TPSA) is 158 Å². The van der Waals surface area contributed by atoms with Crippen LogP contribution in [0.15, 0.2) is 24.3 Å². The van der Waals surface area contributed by atoms with Gasteiger partial charge in [0.1, 0.15) is 0 Å². The van der Waals surface area contributed by atoms with Gasteiger partial charge in [-0.05, 0) is 31.2 Å². The molecule has 1 aliphatic heterocycles. The van der Waals surface area contributed by atoms with Gasteiger partial charge in [0, 0.05) is 30.4 Å². The average molecular weight is 459 g/mol. The number of rotatable bonds is 8. The van der Waals surface area contributed by atoms with E-state index in [-0.39, 0.29) is 30.2 Å². The zero-order chi connectivity index (χ0) is 23.8. The molecule has 3 rings (SSSR count). The molecule has 1 saturated carbocycles. The van der Waals surface area contributed by atoms with Gasteiger partial charge in [-0.25, -0.2) is 0 Å². The molecule has 2 amide bonds. The third kappa shape index (κ3) is 7.43. The van der Waals surface area contributed by atoms with Crippen molar-refractivity contribution in [2.45, 2.75) is 76.0 Å². The van der Waals surface area contributed by atoms with E-state index in [2.05, 4.69) is 10.6 Å². The number of carbonyl (C=O) groups is 2. The molecule has 0 aromatic heterocycles. The second-order valence-corrected chi connectivity index (χ2v) is 9.36. The highest BCUT2D eigenvalue weighted by molar-refractivity contribution is 5.95. The van der Waals surface area contributed by atoms with Gasteiger partial charge in [0.25, 0.3) is 0 Å². The standard InChI is InChI=1S/C24H38N6O3/c25-19(14-16-6-2-1-3-7-16)23(33)29-20-9-5-4-8-18(20)21(31)15-22(32)28-17-10-12-30(13-11-17)24(26)27/h4-5,8-9,16-17,19,21,31H,1-3,6-7,10-15,25H2,(H3,26,27)(H,28,32)(H,29,33)/t19-,21-/m1/s1. The summed E-state index contributed by atoms with van der Waals surface area (Å²) in [5.74, 6) is 0.0273. The molecule has 2 aliphatic rings. The van der Waals surface area contributed by atoms with E-state index in [0.29, 0.717) is 49.5 Å². The highest BCUT2D eigenvalue weighted by Gasteiger charge is 2.25. The molecule has 1 aromatic carbocycles. The number of nitrogens with two attached hydrogens (primary N) is 2. The number of aliphatic hydroxyl groups is 1. The number of likely N-dealkylation sites (tertiary alicyclic amines) is 1. The van der Waals surface area contributed by atoms with Crippen molar-refractivity contribution in [1.29, 1.82) is 5.41 Å². The molecule has 1 aromatic rings. The number of para-hydroxylation sites is 1. The lowest BCUT2D eigenvalue weighted by molar-refractivity contribution is -0.124. The Morgan fingerprint density at radius 2 is 1.79 bits per heavy atom. The van der Waals surface area contributed by atoms with Crippen LogP contribution in [0.5, 0.6) is 0 Å². The Labute approximate surface area is 195 Å². The van der Waals surface area contributed by atoms with Crippen molar-refractivity contribution in [3.63, 3.8) is 0 Å². The summed E-state index contributed by atoms with van der Waals surface area (Å²) in [5, 5.41) is 24.0. The van der Waals surface area contributed by atoms with Crippen molar-refractivity contribution >= 4 is 23.5 Å². The minimum Gasteiger partial charge on any atom is -0.388 e. The first-order chi connectivity index (χ1) is 15.8. The Kier molecular flexibility index (Phi) is 9.08. The van der Waals surface area contributed by atoms with Crippen LogP contribution in [0.1, 0.15) is 69.5 Å². The maximum atomic E-state index is 12.7. The van der Waals surface area contributed by atoms with E-state index in [4.69, 9.17) is 16.9 Å². The molecule has 9 heteroatoms. The number of hydrogen-bond acceptors (Lipinski definition) is 5. The van der Waals surface area contributed by atoms with E-state index in [1.54, 1.807) is 29.2 Å². The first-order valence-corrected chi connectivity index (χ1v) is 12.0. The number of amides is 2. The fraction of sp³-hybridized carbons (Fsp3) is 0.625. The number of nitrogens with one attached hydrogen (secondary N) is 3. The molecule has 8 N–H and O–H groups in total. The predicted molar refractivity (Wildman–Crippen MR) is 128 cm³/mol. The Morgan fingerprint density at radius 3 is 2.45 bits per heavy atom. The van der Waals surface area contributed by atoms with E-state index in [1.165, 1.54) is 19.3 Å². The third-order valence-corrected chi connectivity index (χ3v) is 6.81. The maximum absolute atomic E-state index is 12.7. The normalized spacial score (nSPS) is 19.5. The number of benzene rings is 1. The van der Waals surface area contributed by atoms with Gasteiger partial charge in [0.05, 0.1) is 18.6 Å². The number of guanidine groups is 1. The molecule has 2 fully saturated rings. The van der Waals surface area contributed by atoms with E-state index < -0.39 is 12.1 Å². The van der Waals surface area contributed by atoms with E-state index in [1.807, 2.05) is 0 Å².